The van der Waals surface area contributed by atoms with Gasteiger partial charge in [0.05, 0.1) is 18.6 Å². The first-order chi connectivity index (χ1) is 17.7. The fourth-order valence-electron chi connectivity index (χ4n) is 7.65. The van der Waals surface area contributed by atoms with E-state index in [1.165, 1.54) is 12.2 Å². The molecule has 4 rings (SSSR count). The third-order valence-electron chi connectivity index (χ3n) is 9.13. The lowest BCUT2D eigenvalue weighted by Gasteiger charge is -2.62. The Balaban J connectivity index is 1.91. The van der Waals surface area contributed by atoms with Crippen molar-refractivity contribution in [3.8, 4) is 0 Å². The molecule has 0 bridgehead atoms. The summed E-state index contributed by atoms with van der Waals surface area (Å²) < 4.78 is 65.5. The van der Waals surface area contributed by atoms with Crippen LogP contribution < -0.4 is 0 Å². The van der Waals surface area contributed by atoms with Crippen LogP contribution in [0.1, 0.15) is 40.0 Å². The Morgan fingerprint density at radius 1 is 1.10 bits per heavy atom. The minimum atomic E-state index is -4.24. The van der Waals surface area contributed by atoms with Crippen molar-refractivity contribution in [2.24, 2.45) is 28.6 Å². The highest BCUT2D eigenvalue weighted by molar-refractivity contribution is 7.86. The third-order valence-corrected chi connectivity index (χ3v) is 10.3. The number of carbonyl (C=O) groups excluding carboxylic acids is 3. The Hall–Kier alpha value is -1.97. The molecule has 0 amide bonds. The van der Waals surface area contributed by atoms with Gasteiger partial charge < -0.3 is 14.9 Å². The summed E-state index contributed by atoms with van der Waals surface area (Å²) in [6.07, 6.45) is 1.36. The molecule has 218 valence electrons. The van der Waals surface area contributed by atoms with Crippen LogP contribution in [0.2, 0.25) is 0 Å². The first-order valence-electron chi connectivity index (χ1n) is 12.5. The summed E-state index contributed by atoms with van der Waals surface area (Å²) in [4.78, 5) is 36.9. The molecule has 4 aliphatic carbocycles. The number of fused-ring (bicyclic) bond motifs is 5. The summed E-state index contributed by atoms with van der Waals surface area (Å²) in [6, 6.07) is 0. The van der Waals surface area contributed by atoms with Crippen LogP contribution in [0.4, 0.5) is 0 Å². The van der Waals surface area contributed by atoms with Crippen LogP contribution >= 0.6 is 0 Å². The molecule has 0 spiro atoms. The van der Waals surface area contributed by atoms with Crippen molar-refractivity contribution in [2.45, 2.75) is 63.9 Å². The number of Topliss-reactive ketones (excluding diaryl/α,β-unsaturated/α-hetero) is 1. The number of hydrogen-bond acceptors (Lipinski definition) is 12. The topological polar surface area (TPSA) is 188 Å². The number of ether oxygens (including phenoxy) is 1. The number of hydrogen-bond donors (Lipinski definition) is 2. The fourth-order valence-corrected chi connectivity index (χ4v) is 8.87. The molecule has 0 aliphatic heterocycles. The molecule has 3 unspecified atom stereocenters. The number of aliphatic hydroxyl groups is 2. The van der Waals surface area contributed by atoms with Crippen molar-refractivity contribution in [3.05, 3.63) is 23.8 Å². The van der Waals surface area contributed by atoms with Crippen LogP contribution in [-0.4, -0.2) is 87.6 Å². The highest BCUT2D eigenvalue weighted by atomic mass is 32.2. The second-order valence-electron chi connectivity index (χ2n) is 11.6. The van der Waals surface area contributed by atoms with Gasteiger partial charge in [0, 0.05) is 23.7 Å². The molecule has 0 aromatic rings. The predicted octanol–water partition coefficient (Wildman–Crippen LogP) is 0.0378. The van der Waals surface area contributed by atoms with Crippen LogP contribution in [0, 0.1) is 28.6 Å². The summed E-state index contributed by atoms with van der Waals surface area (Å²) >= 11 is 0. The molecule has 0 radical (unpaired) electrons. The quantitative estimate of drug-likeness (QED) is 0.300. The highest BCUT2D eigenvalue weighted by Gasteiger charge is 2.71. The number of carbonyl (C=O) groups is 3. The lowest BCUT2D eigenvalue weighted by atomic mass is 9.45. The van der Waals surface area contributed by atoms with Gasteiger partial charge in [0.15, 0.2) is 12.4 Å². The summed E-state index contributed by atoms with van der Waals surface area (Å²) in [7, 11) is -8.45. The van der Waals surface area contributed by atoms with Gasteiger partial charge in [0.1, 0.15) is 17.8 Å². The monoisotopic (exact) mass is 590 g/mol. The Morgan fingerprint density at radius 3 is 2.28 bits per heavy atom. The van der Waals surface area contributed by atoms with Gasteiger partial charge in [-0.05, 0) is 48.8 Å². The van der Waals surface area contributed by atoms with Crippen molar-refractivity contribution in [3.63, 3.8) is 0 Å². The molecule has 12 nitrogen and oxygen atoms in total. The van der Waals surface area contributed by atoms with Crippen molar-refractivity contribution in [1.82, 2.24) is 0 Å². The predicted molar refractivity (Wildman–Crippen MR) is 135 cm³/mol. The zero-order valence-corrected chi connectivity index (χ0v) is 24.0. The van der Waals surface area contributed by atoms with Crippen LogP contribution in [0.15, 0.2) is 23.8 Å². The van der Waals surface area contributed by atoms with Crippen molar-refractivity contribution in [2.75, 3.05) is 19.1 Å². The van der Waals surface area contributed by atoms with E-state index >= 15 is 0 Å². The lowest BCUT2D eigenvalue weighted by Crippen LogP contribution is -2.67. The maximum Gasteiger partial charge on any atom is 0.303 e. The minimum Gasteiger partial charge on any atom is -0.458 e. The molecule has 0 aromatic carbocycles. The highest BCUT2D eigenvalue weighted by Crippen LogP contribution is 2.67. The molecule has 3 fully saturated rings. The molecule has 0 saturated heterocycles. The van der Waals surface area contributed by atoms with Gasteiger partial charge in [-0.15, -0.1) is 0 Å². The number of aliphatic hydroxyl groups excluding tert-OH is 1. The van der Waals surface area contributed by atoms with Crippen molar-refractivity contribution < 1.29 is 54.5 Å². The van der Waals surface area contributed by atoms with Gasteiger partial charge in [0.2, 0.25) is 5.78 Å². The average molecular weight is 591 g/mol. The zero-order valence-electron chi connectivity index (χ0n) is 22.3. The third kappa shape index (κ3) is 5.04. The van der Waals surface area contributed by atoms with Crippen LogP contribution in [-0.2, 0) is 47.7 Å². The molecular weight excluding hydrogens is 556 g/mol. The van der Waals surface area contributed by atoms with Gasteiger partial charge >= 0.3 is 5.97 Å². The average Bonchev–Trinajstić information content (AvgIpc) is 3.04. The van der Waals surface area contributed by atoms with Gasteiger partial charge in [-0.1, -0.05) is 19.9 Å². The van der Waals surface area contributed by atoms with Crippen molar-refractivity contribution >= 4 is 37.8 Å². The first-order valence-corrected chi connectivity index (χ1v) is 16.2. The first kappa shape index (κ1) is 30.0. The Labute approximate surface area is 227 Å². The van der Waals surface area contributed by atoms with Gasteiger partial charge in [-0.2, -0.15) is 16.8 Å². The van der Waals surface area contributed by atoms with Gasteiger partial charge in [-0.25, -0.2) is 0 Å². The molecule has 0 aromatic heterocycles. The summed E-state index contributed by atoms with van der Waals surface area (Å²) in [5.74, 6) is -4.32. The van der Waals surface area contributed by atoms with E-state index in [0.717, 1.165) is 19.4 Å². The lowest BCUT2D eigenvalue weighted by molar-refractivity contribution is -0.198. The zero-order chi connectivity index (χ0) is 29.3. The number of allylic oxidation sites excluding steroid dienone is 3. The standard InChI is InChI=1S/C25H34O12S2/c1-13(26)35-12-18(29)25(30)9-7-15-19-20(17(28)11-24(15,25)3)23(2)8-6-14(27)10-16(23)21(36-38(4,31)32)22(19)37-39(5,33)34/h6,8,10,15,17,19-22,28,30H,7,9,11-12H2,1-5H3/t15-,17?,19-,20-,21?,22?,23-,24-,25-/m0/s1. The molecule has 4 aliphatic rings. The number of esters is 1. The van der Waals surface area contributed by atoms with E-state index in [1.807, 2.05) is 0 Å². The number of rotatable bonds is 7. The molecular formula is C25H34O12S2. The van der Waals surface area contributed by atoms with E-state index in [2.05, 4.69) is 0 Å². The maximum absolute atomic E-state index is 13.2. The Kier molecular flexibility index (Phi) is 7.35. The molecule has 0 heterocycles. The largest absolute Gasteiger partial charge is 0.458 e. The minimum absolute atomic E-state index is 0.0683. The van der Waals surface area contributed by atoms with Gasteiger partial charge in [-0.3, -0.25) is 22.7 Å². The van der Waals surface area contributed by atoms with Crippen LogP contribution in [0.3, 0.4) is 0 Å². The van der Waals surface area contributed by atoms with E-state index in [-0.39, 0.29) is 24.8 Å². The molecule has 9 atom stereocenters. The fraction of sp³-hybridized carbons (Fsp3) is 0.720. The summed E-state index contributed by atoms with van der Waals surface area (Å²) in [5, 5.41) is 23.4. The molecule has 3 saturated carbocycles. The molecule has 2 N–H and O–H groups in total. The smallest absolute Gasteiger partial charge is 0.303 e. The van der Waals surface area contributed by atoms with Crippen LogP contribution in [0.25, 0.3) is 0 Å². The Bertz CT molecular complexity index is 1360. The molecule has 14 heteroatoms. The van der Waals surface area contributed by atoms with E-state index in [0.29, 0.717) is 0 Å². The van der Waals surface area contributed by atoms with E-state index in [1.54, 1.807) is 19.9 Å². The second kappa shape index (κ2) is 9.55. The van der Waals surface area contributed by atoms with Crippen molar-refractivity contribution in [1.29, 1.82) is 0 Å². The van der Waals surface area contributed by atoms with E-state index in [4.69, 9.17) is 13.1 Å². The second-order valence-corrected chi connectivity index (χ2v) is 14.8. The summed E-state index contributed by atoms with van der Waals surface area (Å²) in [5.41, 5.74) is -4.35. The van der Waals surface area contributed by atoms with E-state index < -0.39 is 96.9 Å². The van der Waals surface area contributed by atoms with E-state index in [9.17, 15) is 41.4 Å². The van der Waals surface area contributed by atoms with Gasteiger partial charge in [0.25, 0.3) is 20.2 Å². The molecule has 39 heavy (non-hydrogen) atoms. The summed E-state index contributed by atoms with van der Waals surface area (Å²) in [6.45, 7) is 3.74. The SMILES string of the molecule is CC(=O)OCC(=O)[C@@]1(O)CC[C@H]2[C@@H]3C(OS(C)(=O)=O)C(OS(C)(=O)=O)C4=CC(=O)C=C[C@]4(C)[C@H]3C(O)C[C@@]21C. The Morgan fingerprint density at radius 2 is 1.72 bits per heavy atom. The number of ketones is 2. The normalized spacial score (nSPS) is 41.7. The van der Waals surface area contributed by atoms with Crippen LogP contribution in [0.5, 0.6) is 0 Å². The maximum atomic E-state index is 13.2.